The Hall–Kier alpha value is -0.570. The first-order chi connectivity index (χ1) is 7.34. The van der Waals surface area contributed by atoms with Crippen molar-refractivity contribution in [2.24, 2.45) is 17.3 Å². The number of hydrogen-bond acceptors (Lipinski definition) is 2. The molecule has 0 aromatic rings. The second-order valence-corrected chi connectivity index (χ2v) is 5.94. The predicted octanol–water partition coefficient (Wildman–Crippen LogP) is 2.51. The summed E-state index contributed by atoms with van der Waals surface area (Å²) in [5.74, 6) is 0.675. The van der Waals surface area contributed by atoms with E-state index in [9.17, 15) is 4.79 Å². The maximum Gasteiger partial charge on any atom is 0.310 e. The summed E-state index contributed by atoms with van der Waals surface area (Å²) in [5, 5.41) is 12.5. The zero-order valence-electron chi connectivity index (χ0n) is 10.9. The number of nitrogens with one attached hydrogen (secondary N) is 1. The summed E-state index contributed by atoms with van der Waals surface area (Å²) in [7, 11) is 0. The van der Waals surface area contributed by atoms with E-state index in [1.54, 1.807) is 13.8 Å². The van der Waals surface area contributed by atoms with E-state index in [0.29, 0.717) is 18.5 Å². The van der Waals surface area contributed by atoms with Crippen molar-refractivity contribution >= 4 is 5.97 Å². The fraction of sp³-hybridized carbons (Fsp3) is 0.923. The molecular formula is C13H25NO2. The number of carboxylic acids is 1. The quantitative estimate of drug-likeness (QED) is 0.776. The molecule has 94 valence electrons. The standard InChI is InChI=1S/C13H25NO2/c1-9-6-5-7-11(10(9)2)14-8-13(3,4)12(15)16/h9-11,14H,5-8H2,1-4H3,(H,15,16). The van der Waals surface area contributed by atoms with Gasteiger partial charge in [0.2, 0.25) is 0 Å². The first-order valence-electron chi connectivity index (χ1n) is 6.31. The van der Waals surface area contributed by atoms with Gasteiger partial charge in [-0.25, -0.2) is 0 Å². The number of aliphatic carboxylic acids is 1. The summed E-state index contributed by atoms with van der Waals surface area (Å²) in [4.78, 5) is 11.0. The van der Waals surface area contributed by atoms with Gasteiger partial charge < -0.3 is 10.4 Å². The molecule has 0 radical (unpaired) electrons. The van der Waals surface area contributed by atoms with E-state index in [0.717, 1.165) is 5.92 Å². The lowest BCUT2D eigenvalue weighted by atomic mass is 9.77. The van der Waals surface area contributed by atoms with Crippen LogP contribution in [0.4, 0.5) is 0 Å². The van der Waals surface area contributed by atoms with E-state index in [-0.39, 0.29) is 0 Å². The van der Waals surface area contributed by atoms with Crippen LogP contribution < -0.4 is 5.32 Å². The zero-order chi connectivity index (χ0) is 12.3. The van der Waals surface area contributed by atoms with Crippen molar-refractivity contribution in [1.82, 2.24) is 5.32 Å². The average molecular weight is 227 g/mol. The monoisotopic (exact) mass is 227 g/mol. The Morgan fingerprint density at radius 2 is 2.00 bits per heavy atom. The van der Waals surface area contributed by atoms with Gasteiger partial charge in [-0.15, -0.1) is 0 Å². The van der Waals surface area contributed by atoms with E-state index in [1.807, 2.05) is 0 Å². The van der Waals surface area contributed by atoms with E-state index in [4.69, 9.17) is 5.11 Å². The van der Waals surface area contributed by atoms with Crippen molar-refractivity contribution in [2.45, 2.75) is 53.0 Å². The molecule has 1 rings (SSSR count). The molecule has 0 aromatic carbocycles. The van der Waals surface area contributed by atoms with Gasteiger partial charge in [0.15, 0.2) is 0 Å². The topological polar surface area (TPSA) is 49.3 Å². The van der Waals surface area contributed by atoms with Gasteiger partial charge in [-0.05, 0) is 32.1 Å². The van der Waals surface area contributed by atoms with Crippen LogP contribution in [0.2, 0.25) is 0 Å². The molecule has 16 heavy (non-hydrogen) atoms. The van der Waals surface area contributed by atoms with Crippen LogP contribution in [-0.4, -0.2) is 23.7 Å². The molecule has 2 N–H and O–H groups in total. The minimum Gasteiger partial charge on any atom is -0.481 e. The molecule has 1 aliphatic carbocycles. The van der Waals surface area contributed by atoms with Crippen molar-refractivity contribution in [1.29, 1.82) is 0 Å². The summed E-state index contributed by atoms with van der Waals surface area (Å²) in [6.07, 6.45) is 3.75. The molecule has 3 atom stereocenters. The minimum atomic E-state index is -0.725. The zero-order valence-corrected chi connectivity index (χ0v) is 10.9. The fourth-order valence-electron chi connectivity index (χ4n) is 2.33. The maximum absolute atomic E-state index is 11.0. The van der Waals surface area contributed by atoms with Crippen LogP contribution in [0.5, 0.6) is 0 Å². The van der Waals surface area contributed by atoms with E-state index >= 15 is 0 Å². The van der Waals surface area contributed by atoms with E-state index in [2.05, 4.69) is 19.2 Å². The molecule has 0 spiro atoms. The van der Waals surface area contributed by atoms with Crippen molar-refractivity contribution in [3.8, 4) is 0 Å². The Balaban J connectivity index is 2.45. The third kappa shape index (κ3) is 3.21. The summed E-state index contributed by atoms with van der Waals surface area (Å²) < 4.78 is 0. The molecule has 0 saturated heterocycles. The van der Waals surface area contributed by atoms with Crippen LogP contribution >= 0.6 is 0 Å². The Morgan fingerprint density at radius 3 is 2.56 bits per heavy atom. The smallest absolute Gasteiger partial charge is 0.310 e. The molecule has 1 saturated carbocycles. The molecule has 3 nitrogen and oxygen atoms in total. The Labute approximate surface area is 98.6 Å². The largest absolute Gasteiger partial charge is 0.481 e. The third-order valence-corrected chi connectivity index (χ3v) is 4.09. The minimum absolute atomic E-state index is 0.488. The van der Waals surface area contributed by atoms with Crippen LogP contribution in [0.15, 0.2) is 0 Å². The molecule has 1 fully saturated rings. The second-order valence-electron chi connectivity index (χ2n) is 5.94. The Morgan fingerprint density at radius 1 is 1.38 bits per heavy atom. The number of hydrogen-bond donors (Lipinski definition) is 2. The lowest BCUT2D eigenvalue weighted by Gasteiger charge is -2.36. The highest BCUT2D eigenvalue weighted by Gasteiger charge is 2.31. The van der Waals surface area contributed by atoms with Gasteiger partial charge >= 0.3 is 5.97 Å². The SMILES string of the molecule is CC1CCCC(NCC(C)(C)C(=O)O)C1C. The van der Waals surface area contributed by atoms with Gasteiger partial charge in [-0.2, -0.15) is 0 Å². The molecule has 3 heteroatoms. The normalized spacial score (nSPS) is 31.4. The second kappa shape index (κ2) is 5.17. The van der Waals surface area contributed by atoms with Gasteiger partial charge in [0.1, 0.15) is 0 Å². The number of rotatable bonds is 4. The molecule has 3 unspecified atom stereocenters. The predicted molar refractivity (Wildman–Crippen MR) is 65.4 cm³/mol. The molecule has 1 aliphatic rings. The van der Waals surface area contributed by atoms with Gasteiger partial charge in [0, 0.05) is 12.6 Å². The molecule has 0 heterocycles. The van der Waals surface area contributed by atoms with Gasteiger partial charge in [-0.3, -0.25) is 4.79 Å². The highest BCUT2D eigenvalue weighted by atomic mass is 16.4. The van der Waals surface area contributed by atoms with Crippen LogP contribution in [0, 0.1) is 17.3 Å². The maximum atomic E-state index is 11.0. The molecule has 0 amide bonds. The summed E-state index contributed by atoms with van der Waals surface area (Å²) in [6, 6.07) is 0.488. The van der Waals surface area contributed by atoms with Crippen molar-refractivity contribution in [3.63, 3.8) is 0 Å². The first kappa shape index (κ1) is 13.5. The van der Waals surface area contributed by atoms with Crippen LogP contribution in [-0.2, 0) is 4.79 Å². The molecule has 0 aromatic heterocycles. The number of carboxylic acid groups (broad SMARTS) is 1. The van der Waals surface area contributed by atoms with Crippen LogP contribution in [0.25, 0.3) is 0 Å². The molecule has 0 bridgehead atoms. The molecule has 0 aliphatic heterocycles. The highest BCUT2D eigenvalue weighted by molar-refractivity contribution is 5.73. The van der Waals surface area contributed by atoms with Crippen molar-refractivity contribution in [3.05, 3.63) is 0 Å². The third-order valence-electron chi connectivity index (χ3n) is 4.09. The lowest BCUT2D eigenvalue weighted by molar-refractivity contribution is -0.146. The fourth-order valence-corrected chi connectivity index (χ4v) is 2.33. The van der Waals surface area contributed by atoms with Crippen molar-refractivity contribution in [2.75, 3.05) is 6.54 Å². The summed E-state index contributed by atoms with van der Waals surface area (Å²) in [5.41, 5.74) is -0.666. The Bertz CT molecular complexity index is 250. The van der Waals surface area contributed by atoms with Gasteiger partial charge in [0.25, 0.3) is 0 Å². The summed E-state index contributed by atoms with van der Waals surface area (Å²) in [6.45, 7) is 8.68. The highest BCUT2D eigenvalue weighted by Crippen LogP contribution is 2.30. The molecular weight excluding hydrogens is 202 g/mol. The van der Waals surface area contributed by atoms with Crippen LogP contribution in [0.1, 0.15) is 47.0 Å². The van der Waals surface area contributed by atoms with Crippen LogP contribution in [0.3, 0.4) is 0 Å². The van der Waals surface area contributed by atoms with Crippen molar-refractivity contribution < 1.29 is 9.90 Å². The van der Waals surface area contributed by atoms with Gasteiger partial charge in [0.05, 0.1) is 5.41 Å². The van der Waals surface area contributed by atoms with E-state index < -0.39 is 11.4 Å². The van der Waals surface area contributed by atoms with E-state index in [1.165, 1.54) is 19.3 Å². The number of carbonyl (C=O) groups is 1. The lowest BCUT2D eigenvalue weighted by Crippen LogP contribution is -2.46. The summed E-state index contributed by atoms with van der Waals surface area (Å²) >= 11 is 0. The first-order valence-corrected chi connectivity index (χ1v) is 6.31. The average Bonchev–Trinajstić information content (AvgIpc) is 2.20. The Kier molecular flexibility index (Phi) is 4.36. The van der Waals surface area contributed by atoms with Gasteiger partial charge in [-0.1, -0.05) is 26.7 Å².